The largest absolute Gasteiger partial charge is 0.462 e. The number of esters is 3. The average molecular weight is 956 g/mol. The Labute approximate surface area is 424 Å². The van der Waals surface area contributed by atoms with Crippen molar-refractivity contribution in [2.24, 2.45) is 0 Å². The van der Waals surface area contributed by atoms with Crippen LogP contribution >= 0.6 is 0 Å². The second-order valence-electron chi connectivity index (χ2n) is 18.1. The first-order valence-electron chi connectivity index (χ1n) is 28.0. The van der Waals surface area contributed by atoms with Gasteiger partial charge in [0.25, 0.3) is 0 Å². The molecular weight excluding hydrogens is 853 g/mol. The third-order valence-electron chi connectivity index (χ3n) is 11.5. The maximum atomic E-state index is 12.8. The van der Waals surface area contributed by atoms with E-state index >= 15 is 0 Å². The topological polar surface area (TPSA) is 78.9 Å². The van der Waals surface area contributed by atoms with Gasteiger partial charge in [-0.2, -0.15) is 0 Å². The Kier molecular flexibility index (Phi) is 53.0. The molecule has 1 atom stereocenters. The second kappa shape index (κ2) is 56.4. The molecule has 6 nitrogen and oxygen atoms in total. The maximum Gasteiger partial charge on any atom is 0.310 e. The van der Waals surface area contributed by atoms with Crippen molar-refractivity contribution >= 4 is 17.9 Å². The minimum absolute atomic E-state index is 0.0894. The normalized spacial score (nSPS) is 13.0. The van der Waals surface area contributed by atoms with E-state index < -0.39 is 12.1 Å². The molecule has 0 aromatic heterocycles. The van der Waals surface area contributed by atoms with Crippen molar-refractivity contribution in [2.75, 3.05) is 13.2 Å². The van der Waals surface area contributed by atoms with Gasteiger partial charge in [0.1, 0.15) is 13.2 Å². The van der Waals surface area contributed by atoms with Crippen LogP contribution in [0.2, 0.25) is 0 Å². The van der Waals surface area contributed by atoms with Gasteiger partial charge in [-0.3, -0.25) is 14.4 Å². The number of carbonyl (C=O) groups is 3. The van der Waals surface area contributed by atoms with E-state index in [4.69, 9.17) is 14.2 Å². The van der Waals surface area contributed by atoms with Crippen LogP contribution in [0.15, 0.2) is 122 Å². The molecule has 0 aliphatic heterocycles. The Bertz CT molecular complexity index is 1470. The molecule has 0 spiro atoms. The van der Waals surface area contributed by atoms with Crippen molar-refractivity contribution in [2.45, 2.75) is 245 Å². The Morgan fingerprint density at radius 3 is 0.971 bits per heavy atom. The maximum absolute atomic E-state index is 12.8. The third kappa shape index (κ3) is 54.6. The zero-order chi connectivity index (χ0) is 50.0. The van der Waals surface area contributed by atoms with Crippen molar-refractivity contribution in [3.8, 4) is 0 Å². The third-order valence-corrected chi connectivity index (χ3v) is 11.5. The Hall–Kier alpha value is -4.19. The average Bonchev–Trinajstić information content (AvgIpc) is 3.35. The lowest BCUT2D eigenvalue weighted by atomic mass is 10.1. The highest BCUT2D eigenvalue weighted by Crippen LogP contribution is 2.14. The van der Waals surface area contributed by atoms with E-state index in [0.29, 0.717) is 19.3 Å². The second-order valence-corrected chi connectivity index (χ2v) is 18.1. The molecule has 0 heterocycles. The molecule has 0 N–H and O–H groups in total. The van der Waals surface area contributed by atoms with Crippen LogP contribution in [0.25, 0.3) is 0 Å². The van der Waals surface area contributed by atoms with Gasteiger partial charge in [0.2, 0.25) is 0 Å². The number of allylic oxidation sites excluding steroid dienone is 19. The molecule has 0 rings (SSSR count). The van der Waals surface area contributed by atoms with Gasteiger partial charge >= 0.3 is 17.9 Å². The molecule has 0 aromatic rings. The molecule has 390 valence electrons. The molecule has 69 heavy (non-hydrogen) atoms. The lowest BCUT2D eigenvalue weighted by Gasteiger charge is -2.18. The SMILES string of the molecule is CC/C=C\C/C=C\C/C=C\C/C=C\C/C=C\CC(=O)OC(COC(=O)CCCCCCC/C=C\CCCCCCCC)COC(=O)CCCCCCCCCC/C=C\C/C=C\C/C=C\C/C=C\CC. The molecule has 0 aliphatic carbocycles. The van der Waals surface area contributed by atoms with Crippen molar-refractivity contribution in [1.29, 1.82) is 0 Å². The molecule has 0 fully saturated rings. The fourth-order valence-electron chi connectivity index (χ4n) is 7.33. The highest BCUT2D eigenvalue weighted by atomic mass is 16.6. The number of hydrogen-bond acceptors (Lipinski definition) is 6. The van der Waals surface area contributed by atoms with Crippen LogP contribution in [0.1, 0.15) is 239 Å². The number of unbranched alkanes of at least 4 members (excludes halogenated alkanes) is 19. The lowest BCUT2D eigenvalue weighted by Crippen LogP contribution is -2.30. The molecule has 6 heteroatoms. The van der Waals surface area contributed by atoms with Crippen LogP contribution in [0.4, 0.5) is 0 Å². The molecule has 0 aromatic carbocycles. The lowest BCUT2D eigenvalue weighted by molar-refractivity contribution is -0.166. The standard InChI is InChI=1S/C63H102O6/c1-4-7-10-13-16-19-22-25-28-29-30-31-32-33-36-38-41-44-47-50-53-56-62(65)68-59-60(69-63(66)57-54-51-48-45-42-39-35-27-24-21-18-15-12-9-6-3)58-67-61(64)55-52-49-46-43-40-37-34-26-23-20-17-14-11-8-5-2/h7,9-10,12,16,18-19,21,25-28,30-31,34-35,42,45,51,54,60H,4-6,8,11,13-15,17,20,22-24,29,32-33,36-41,43-44,46-50,52-53,55-59H2,1-3H3/b10-7-,12-9-,19-16-,21-18-,28-25-,31-30-,34-26-,35-27-,45-42-,54-51-. The summed E-state index contributed by atoms with van der Waals surface area (Å²) in [7, 11) is 0. The summed E-state index contributed by atoms with van der Waals surface area (Å²) in [4.78, 5) is 38.1. The number of hydrogen-bond donors (Lipinski definition) is 0. The molecule has 0 aliphatic rings. The van der Waals surface area contributed by atoms with Crippen LogP contribution in [0.3, 0.4) is 0 Å². The zero-order valence-corrected chi connectivity index (χ0v) is 44.5. The fourth-order valence-corrected chi connectivity index (χ4v) is 7.33. The fraction of sp³-hybridized carbons (Fsp3) is 0.635. The van der Waals surface area contributed by atoms with Crippen molar-refractivity contribution in [3.05, 3.63) is 122 Å². The number of carbonyl (C=O) groups excluding carboxylic acids is 3. The minimum atomic E-state index is -0.842. The van der Waals surface area contributed by atoms with E-state index in [1.807, 2.05) is 6.08 Å². The first-order chi connectivity index (χ1) is 34.0. The van der Waals surface area contributed by atoms with Gasteiger partial charge in [-0.1, -0.05) is 232 Å². The molecular formula is C63H102O6. The molecule has 0 saturated heterocycles. The summed E-state index contributed by atoms with van der Waals surface area (Å²) >= 11 is 0. The number of ether oxygens (including phenoxy) is 3. The molecule has 1 unspecified atom stereocenters. The summed E-state index contributed by atoms with van der Waals surface area (Å²) in [6, 6.07) is 0. The van der Waals surface area contributed by atoms with Gasteiger partial charge in [0, 0.05) is 12.8 Å². The van der Waals surface area contributed by atoms with Crippen molar-refractivity contribution < 1.29 is 28.6 Å². The minimum Gasteiger partial charge on any atom is -0.462 e. The summed E-state index contributed by atoms with van der Waals surface area (Å²) in [6.45, 7) is 6.30. The predicted octanol–water partition coefficient (Wildman–Crippen LogP) is 18.9. The molecule has 0 amide bonds. The van der Waals surface area contributed by atoms with Crippen LogP contribution in [-0.4, -0.2) is 37.2 Å². The van der Waals surface area contributed by atoms with E-state index in [2.05, 4.69) is 130 Å². The monoisotopic (exact) mass is 955 g/mol. The Morgan fingerprint density at radius 2 is 0.609 bits per heavy atom. The van der Waals surface area contributed by atoms with E-state index in [1.54, 1.807) is 6.08 Å². The first-order valence-corrected chi connectivity index (χ1v) is 28.0. The van der Waals surface area contributed by atoms with Gasteiger partial charge in [-0.15, -0.1) is 0 Å². The van der Waals surface area contributed by atoms with Gasteiger partial charge in [-0.05, 0) is 109 Å². The summed E-state index contributed by atoms with van der Waals surface area (Å²) in [5, 5.41) is 0. The first kappa shape index (κ1) is 64.8. The molecule has 0 bridgehead atoms. The van der Waals surface area contributed by atoms with Gasteiger partial charge in [-0.25, -0.2) is 0 Å². The summed E-state index contributed by atoms with van der Waals surface area (Å²) in [6.07, 6.45) is 77.8. The van der Waals surface area contributed by atoms with Crippen LogP contribution < -0.4 is 0 Å². The van der Waals surface area contributed by atoms with Gasteiger partial charge < -0.3 is 14.2 Å². The van der Waals surface area contributed by atoms with Crippen LogP contribution in [0, 0.1) is 0 Å². The Morgan fingerprint density at radius 1 is 0.319 bits per heavy atom. The van der Waals surface area contributed by atoms with E-state index in [-0.39, 0.29) is 31.6 Å². The van der Waals surface area contributed by atoms with Crippen LogP contribution in [0.5, 0.6) is 0 Å². The Balaban J connectivity index is 4.50. The molecule has 0 radical (unpaired) electrons. The summed E-state index contributed by atoms with van der Waals surface area (Å²) in [5.41, 5.74) is 0. The van der Waals surface area contributed by atoms with Gasteiger partial charge in [0.15, 0.2) is 6.10 Å². The smallest absolute Gasteiger partial charge is 0.310 e. The highest BCUT2D eigenvalue weighted by molar-refractivity contribution is 5.72. The molecule has 0 saturated carbocycles. The number of rotatable bonds is 49. The highest BCUT2D eigenvalue weighted by Gasteiger charge is 2.19. The van der Waals surface area contributed by atoms with Crippen molar-refractivity contribution in [3.63, 3.8) is 0 Å². The summed E-state index contributed by atoms with van der Waals surface area (Å²) in [5.74, 6) is -1.08. The van der Waals surface area contributed by atoms with Gasteiger partial charge in [0.05, 0.1) is 6.42 Å². The van der Waals surface area contributed by atoms with Crippen LogP contribution in [-0.2, 0) is 28.6 Å². The van der Waals surface area contributed by atoms with E-state index in [0.717, 1.165) is 109 Å². The zero-order valence-electron chi connectivity index (χ0n) is 44.5. The van der Waals surface area contributed by atoms with Crippen molar-refractivity contribution in [1.82, 2.24) is 0 Å². The predicted molar refractivity (Wildman–Crippen MR) is 297 cm³/mol. The quantitative estimate of drug-likeness (QED) is 0.0262. The van der Waals surface area contributed by atoms with E-state index in [9.17, 15) is 14.4 Å². The van der Waals surface area contributed by atoms with E-state index in [1.165, 1.54) is 83.5 Å². The summed E-state index contributed by atoms with van der Waals surface area (Å²) < 4.78 is 16.7.